The van der Waals surface area contributed by atoms with Crippen molar-refractivity contribution in [2.24, 2.45) is 11.3 Å². The summed E-state index contributed by atoms with van der Waals surface area (Å²) in [5, 5.41) is 3.58. The molecule has 2 fully saturated rings. The molecule has 0 bridgehead atoms. The largest absolute Gasteiger partial charge is 0.373 e. The molecule has 2 unspecified atom stereocenters. The maximum atomic E-state index is 11.6. The Kier molecular flexibility index (Phi) is 5.61. The fraction of sp³-hybridized carbons (Fsp3) is 0.438. The van der Waals surface area contributed by atoms with Crippen LogP contribution in [0.15, 0.2) is 77.7 Å². The van der Waals surface area contributed by atoms with E-state index < -0.39 is 0 Å². The Labute approximate surface area is 210 Å². The van der Waals surface area contributed by atoms with Crippen LogP contribution in [0.1, 0.15) is 69.6 Å². The van der Waals surface area contributed by atoms with Crippen LogP contribution in [0.3, 0.4) is 0 Å². The number of carbonyl (C=O) groups excluding carboxylic acids is 1. The molecule has 182 valence electrons. The van der Waals surface area contributed by atoms with Gasteiger partial charge in [0.2, 0.25) is 5.91 Å². The van der Waals surface area contributed by atoms with E-state index >= 15 is 0 Å². The van der Waals surface area contributed by atoms with Crippen molar-refractivity contribution in [3.63, 3.8) is 0 Å². The fourth-order valence-corrected chi connectivity index (χ4v) is 6.69. The van der Waals surface area contributed by atoms with Crippen LogP contribution in [0.25, 0.3) is 5.57 Å². The number of aryl methyl sites for hydroxylation is 1. The number of nitrogens with one attached hydrogen (secondary N) is 1. The van der Waals surface area contributed by atoms with E-state index in [0.29, 0.717) is 17.3 Å². The number of allylic oxidation sites excluding steroid dienone is 6. The van der Waals surface area contributed by atoms with Crippen LogP contribution in [0.5, 0.6) is 0 Å². The molecule has 5 rings (SSSR count). The van der Waals surface area contributed by atoms with Gasteiger partial charge in [0.1, 0.15) is 0 Å². The third-order valence-corrected chi connectivity index (χ3v) is 8.71. The molecule has 1 heterocycles. The normalized spacial score (nSPS) is 25.5. The minimum Gasteiger partial charge on any atom is -0.373 e. The lowest BCUT2D eigenvalue weighted by Crippen LogP contribution is -2.63. The number of hydrogen-bond acceptors (Lipinski definition) is 2. The zero-order chi connectivity index (χ0) is 25.1. The molecule has 1 amide bonds. The number of nitrogens with zero attached hydrogens (tertiary/aromatic N) is 1. The maximum Gasteiger partial charge on any atom is 0.219 e. The molecule has 1 aromatic rings. The Morgan fingerprint density at radius 2 is 1.89 bits per heavy atom. The van der Waals surface area contributed by atoms with Crippen LogP contribution in [-0.2, 0) is 4.79 Å². The smallest absolute Gasteiger partial charge is 0.219 e. The molecule has 1 saturated carbocycles. The number of likely N-dealkylation sites (tertiary alicyclic amines) is 1. The van der Waals surface area contributed by atoms with E-state index in [1.54, 1.807) is 6.92 Å². The van der Waals surface area contributed by atoms with Crippen molar-refractivity contribution in [3.05, 3.63) is 94.4 Å². The minimum atomic E-state index is -0.173. The van der Waals surface area contributed by atoms with Crippen molar-refractivity contribution in [1.29, 1.82) is 0 Å². The number of hydrogen-bond donors (Lipinski definition) is 1. The molecule has 3 aliphatic carbocycles. The molecule has 1 aliphatic heterocycles. The summed E-state index contributed by atoms with van der Waals surface area (Å²) in [6, 6.07) is 7.08. The van der Waals surface area contributed by atoms with Gasteiger partial charge in [0, 0.05) is 25.4 Å². The number of carbonyl (C=O) groups is 1. The third kappa shape index (κ3) is 4.17. The Bertz CT molecular complexity index is 1250. The van der Waals surface area contributed by atoms with Gasteiger partial charge in [0.15, 0.2) is 0 Å². The number of benzene rings is 1. The first-order valence-corrected chi connectivity index (χ1v) is 12.9. The van der Waals surface area contributed by atoms with Gasteiger partial charge in [-0.3, -0.25) is 4.79 Å². The summed E-state index contributed by atoms with van der Waals surface area (Å²) in [7, 11) is 0. The molecule has 3 nitrogen and oxygen atoms in total. The lowest BCUT2D eigenvalue weighted by atomic mass is 9.54. The highest BCUT2D eigenvalue weighted by Gasteiger charge is 2.54. The highest BCUT2D eigenvalue weighted by Crippen LogP contribution is 2.56. The van der Waals surface area contributed by atoms with Crippen LogP contribution < -0.4 is 5.32 Å². The number of fused-ring (bicyclic) bond motifs is 1. The standard InChI is InChI=1S/C32H38N2O/c1-8-22(4)33-31(7)10-9-28-21(3)13-29(30(28)17-31)26-12-20(2)11-25(14-26)23(5)27-15-32(16-27)18-34(19-32)24(6)35/h9,11-14,17,23,27,33H,1,3,10,15-16,18-19H2,2,4-7H3. The average Bonchev–Trinajstić information content (AvgIpc) is 3.05. The van der Waals surface area contributed by atoms with Gasteiger partial charge < -0.3 is 10.2 Å². The Morgan fingerprint density at radius 3 is 2.54 bits per heavy atom. The molecule has 0 aromatic heterocycles. The second-order valence-electron chi connectivity index (χ2n) is 11.8. The molecule has 0 radical (unpaired) electrons. The Balaban J connectivity index is 1.39. The van der Waals surface area contributed by atoms with Crippen LogP contribution in [0, 0.1) is 18.3 Å². The molecule has 35 heavy (non-hydrogen) atoms. The molecular weight excluding hydrogens is 428 g/mol. The van der Waals surface area contributed by atoms with Gasteiger partial charge >= 0.3 is 0 Å². The second kappa shape index (κ2) is 8.28. The van der Waals surface area contributed by atoms with Gasteiger partial charge in [-0.1, -0.05) is 56.0 Å². The lowest BCUT2D eigenvalue weighted by molar-refractivity contribution is -0.153. The van der Waals surface area contributed by atoms with Crippen LogP contribution >= 0.6 is 0 Å². The molecule has 1 spiro atoms. The quantitative estimate of drug-likeness (QED) is 0.496. The monoisotopic (exact) mass is 466 g/mol. The van der Waals surface area contributed by atoms with Gasteiger partial charge in [0.25, 0.3) is 0 Å². The number of amides is 1. The third-order valence-electron chi connectivity index (χ3n) is 8.71. The second-order valence-corrected chi connectivity index (χ2v) is 11.8. The van der Waals surface area contributed by atoms with E-state index in [1.165, 1.54) is 46.3 Å². The van der Waals surface area contributed by atoms with Crippen molar-refractivity contribution in [2.45, 2.75) is 65.3 Å². The van der Waals surface area contributed by atoms with Crippen LogP contribution in [-0.4, -0.2) is 29.4 Å². The summed E-state index contributed by atoms with van der Waals surface area (Å²) in [6.45, 7) is 20.6. The van der Waals surface area contributed by atoms with Crippen LogP contribution in [0.2, 0.25) is 0 Å². The summed E-state index contributed by atoms with van der Waals surface area (Å²) in [4.78, 5) is 13.6. The highest BCUT2D eigenvalue weighted by atomic mass is 16.2. The summed E-state index contributed by atoms with van der Waals surface area (Å²) in [5.74, 6) is 1.42. The van der Waals surface area contributed by atoms with Crippen molar-refractivity contribution in [3.8, 4) is 0 Å². The van der Waals surface area contributed by atoms with E-state index in [0.717, 1.165) is 30.8 Å². The van der Waals surface area contributed by atoms with Crippen molar-refractivity contribution >= 4 is 11.5 Å². The Hall–Kier alpha value is -3.03. The van der Waals surface area contributed by atoms with E-state index in [1.807, 2.05) is 11.8 Å². The van der Waals surface area contributed by atoms with Gasteiger partial charge in [0.05, 0.1) is 11.2 Å². The van der Waals surface area contributed by atoms with Gasteiger partial charge in [-0.2, -0.15) is 0 Å². The molecule has 2 atom stereocenters. The van der Waals surface area contributed by atoms with E-state index in [9.17, 15) is 4.79 Å². The minimum absolute atomic E-state index is 0.173. The van der Waals surface area contributed by atoms with Gasteiger partial charge in [-0.15, -0.1) is 5.73 Å². The predicted molar refractivity (Wildman–Crippen MR) is 145 cm³/mol. The zero-order valence-corrected chi connectivity index (χ0v) is 21.9. The first kappa shape index (κ1) is 23.7. The molecule has 1 N–H and O–H groups in total. The van der Waals surface area contributed by atoms with E-state index in [4.69, 9.17) is 0 Å². The zero-order valence-electron chi connectivity index (χ0n) is 21.9. The van der Waals surface area contributed by atoms with Crippen LogP contribution in [0.4, 0.5) is 0 Å². The van der Waals surface area contributed by atoms with Crippen molar-refractivity contribution < 1.29 is 4.79 Å². The molecule has 1 aromatic carbocycles. The van der Waals surface area contributed by atoms with E-state index in [-0.39, 0.29) is 11.4 Å². The first-order valence-electron chi connectivity index (χ1n) is 12.9. The first-order chi connectivity index (χ1) is 16.5. The maximum absolute atomic E-state index is 11.6. The lowest BCUT2D eigenvalue weighted by Gasteiger charge is -2.60. The molecular formula is C32H38N2O. The predicted octanol–water partition coefficient (Wildman–Crippen LogP) is 6.60. The molecule has 1 saturated heterocycles. The summed E-state index contributed by atoms with van der Waals surface area (Å²) < 4.78 is 0. The molecule has 4 aliphatic rings. The summed E-state index contributed by atoms with van der Waals surface area (Å²) in [5.41, 5.74) is 13.1. The van der Waals surface area contributed by atoms with Crippen molar-refractivity contribution in [2.75, 3.05) is 13.1 Å². The summed E-state index contributed by atoms with van der Waals surface area (Å²) >= 11 is 0. The molecule has 3 heteroatoms. The van der Waals surface area contributed by atoms with Crippen molar-refractivity contribution in [1.82, 2.24) is 10.2 Å². The SMILES string of the molecule is C=C=C(C)NC1(C)C=C2C(=CC1)C(=C)C=C2c1cc(C)cc(C(C)C2CC3(C2)CN(C(C)=O)C3)c1. The Morgan fingerprint density at radius 1 is 1.17 bits per heavy atom. The number of rotatable bonds is 5. The average molecular weight is 467 g/mol. The summed E-state index contributed by atoms with van der Waals surface area (Å²) in [6.07, 6.45) is 10.3. The topological polar surface area (TPSA) is 32.3 Å². The van der Waals surface area contributed by atoms with Gasteiger partial charge in [-0.05, 0) is 91.4 Å². The fourth-order valence-electron chi connectivity index (χ4n) is 6.69. The highest BCUT2D eigenvalue weighted by molar-refractivity contribution is 5.94. The van der Waals surface area contributed by atoms with E-state index in [2.05, 4.69) is 81.4 Å². The van der Waals surface area contributed by atoms with Gasteiger partial charge in [-0.25, -0.2) is 0 Å².